The first-order chi connectivity index (χ1) is 11.9. The molecule has 0 bridgehead atoms. The Kier molecular flexibility index (Phi) is 5.19. The first-order valence-corrected chi connectivity index (χ1v) is 8.84. The minimum atomic E-state index is 0.0886. The minimum Gasteiger partial charge on any atom is -0.504 e. The number of nitrogens with zero attached hydrogens (tertiary/aromatic N) is 1. The Balaban J connectivity index is 1.95. The summed E-state index contributed by atoms with van der Waals surface area (Å²) < 4.78 is 5.71. The SMILES string of the molecule is CC(C)CC(=O)N1CCOc2c(O)cc(-c3cccc(Cl)c3)cc2C1. The number of fused-ring (bicyclic) bond motifs is 1. The summed E-state index contributed by atoms with van der Waals surface area (Å²) in [5.41, 5.74) is 2.57. The van der Waals surface area contributed by atoms with Gasteiger partial charge in [-0.25, -0.2) is 0 Å². The number of rotatable bonds is 3. The van der Waals surface area contributed by atoms with E-state index in [1.807, 2.05) is 44.2 Å². The molecule has 0 unspecified atom stereocenters. The van der Waals surface area contributed by atoms with E-state index in [0.717, 1.165) is 16.7 Å². The summed E-state index contributed by atoms with van der Waals surface area (Å²) in [6.07, 6.45) is 0.509. The average Bonchev–Trinajstić information content (AvgIpc) is 2.77. The molecule has 1 N–H and O–H groups in total. The molecule has 0 aromatic heterocycles. The van der Waals surface area contributed by atoms with Gasteiger partial charge in [-0.1, -0.05) is 37.6 Å². The van der Waals surface area contributed by atoms with Crippen LogP contribution in [-0.4, -0.2) is 29.1 Å². The number of benzene rings is 2. The number of aromatic hydroxyl groups is 1. The van der Waals surface area contributed by atoms with Gasteiger partial charge in [0.2, 0.25) is 5.91 Å². The first kappa shape index (κ1) is 17.6. The molecule has 0 saturated heterocycles. The third kappa shape index (κ3) is 4.07. The number of amides is 1. The van der Waals surface area contributed by atoms with Gasteiger partial charge in [0.15, 0.2) is 11.5 Å². The van der Waals surface area contributed by atoms with Crippen molar-refractivity contribution in [1.82, 2.24) is 4.90 Å². The maximum absolute atomic E-state index is 12.4. The van der Waals surface area contributed by atoms with Crippen LogP contribution in [0, 0.1) is 5.92 Å². The molecule has 0 saturated carbocycles. The highest BCUT2D eigenvalue weighted by atomic mass is 35.5. The van der Waals surface area contributed by atoms with E-state index in [-0.39, 0.29) is 11.7 Å². The smallest absolute Gasteiger partial charge is 0.223 e. The quantitative estimate of drug-likeness (QED) is 0.879. The topological polar surface area (TPSA) is 49.8 Å². The maximum Gasteiger partial charge on any atom is 0.223 e. The van der Waals surface area contributed by atoms with Crippen molar-refractivity contribution in [3.63, 3.8) is 0 Å². The Morgan fingerprint density at radius 1 is 1.28 bits per heavy atom. The molecule has 0 atom stereocenters. The van der Waals surface area contributed by atoms with Crippen LogP contribution in [0.3, 0.4) is 0 Å². The van der Waals surface area contributed by atoms with Crippen LogP contribution < -0.4 is 4.74 Å². The molecule has 1 heterocycles. The van der Waals surface area contributed by atoms with E-state index in [1.165, 1.54) is 0 Å². The number of hydrogen-bond donors (Lipinski definition) is 1. The van der Waals surface area contributed by atoms with E-state index in [0.29, 0.717) is 42.8 Å². The second kappa shape index (κ2) is 7.36. The molecule has 25 heavy (non-hydrogen) atoms. The first-order valence-electron chi connectivity index (χ1n) is 8.46. The van der Waals surface area contributed by atoms with Gasteiger partial charge in [0.25, 0.3) is 0 Å². The second-order valence-electron chi connectivity index (χ2n) is 6.76. The lowest BCUT2D eigenvalue weighted by Crippen LogP contribution is -2.33. The third-order valence-electron chi connectivity index (χ3n) is 4.21. The lowest BCUT2D eigenvalue weighted by atomic mass is 10.0. The second-order valence-corrected chi connectivity index (χ2v) is 7.19. The van der Waals surface area contributed by atoms with Crippen LogP contribution in [0.4, 0.5) is 0 Å². The van der Waals surface area contributed by atoms with Crippen molar-refractivity contribution in [2.45, 2.75) is 26.8 Å². The van der Waals surface area contributed by atoms with Crippen molar-refractivity contribution in [3.8, 4) is 22.6 Å². The monoisotopic (exact) mass is 359 g/mol. The Labute approximate surface area is 153 Å². The van der Waals surface area contributed by atoms with Crippen LogP contribution in [0.25, 0.3) is 11.1 Å². The molecule has 0 fully saturated rings. The number of phenolic OH excluding ortho intramolecular Hbond substituents is 1. The van der Waals surface area contributed by atoms with Crippen LogP contribution in [-0.2, 0) is 11.3 Å². The zero-order valence-electron chi connectivity index (χ0n) is 14.5. The fourth-order valence-electron chi connectivity index (χ4n) is 3.02. The molecule has 0 radical (unpaired) electrons. The predicted octanol–water partition coefficient (Wildman–Crippen LogP) is 4.48. The molecule has 4 nitrogen and oxygen atoms in total. The summed E-state index contributed by atoms with van der Waals surface area (Å²) >= 11 is 6.08. The van der Waals surface area contributed by atoms with Crippen molar-refractivity contribution in [3.05, 3.63) is 47.0 Å². The van der Waals surface area contributed by atoms with E-state index in [9.17, 15) is 9.90 Å². The van der Waals surface area contributed by atoms with E-state index in [4.69, 9.17) is 16.3 Å². The van der Waals surface area contributed by atoms with Gasteiger partial charge >= 0.3 is 0 Å². The fraction of sp³-hybridized carbons (Fsp3) is 0.350. The number of carbonyl (C=O) groups excluding carboxylic acids is 1. The number of halogens is 1. The number of ether oxygens (including phenoxy) is 1. The lowest BCUT2D eigenvalue weighted by Gasteiger charge is -2.21. The van der Waals surface area contributed by atoms with E-state index >= 15 is 0 Å². The van der Waals surface area contributed by atoms with Crippen LogP contribution in [0.5, 0.6) is 11.5 Å². The van der Waals surface area contributed by atoms with Crippen LogP contribution in [0.1, 0.15) is 25.8 Å². The molecular weight excluding hydrogens is 338 g/mol. The molecule has 3 rings (SSSR count). The van der Waals surface area contributed by atoms with Crippen molar-refractivity contribution >= 4 is 17.5 Å². The lowest BCUT2D eigenvalue weighted by molar-refractivity contribution is -0.132. The summed E-state index contributed by atoms with van der Waals surface area (Å²) in [5.74, 6) is 0.970. The number of phenols is 1. The van der Waals surface area contributed by atoms with Crippen molar-refractivity contribution in [2.75, 3.05) is 13.2 Å². The Morgan fingerprint density at radius 2 is 2.08 bits per heavy atom. The number of hydrogen-bond acceptors (Lipinski definition) is 3. The molecule has 1 amide bonds. The maximum atomic E-state index is 12.4. The Morgan fingerprint density at radius 3 is 2.80 bits per heavy atom. The zero-order valence-corrected chi connectivity index (χ0v) is 15.2. The molecule has 1 aliphatic heterocycles. The molecule has 2 aromatic rings. The fourth-order valence-corrected chi connectivity index (χ4v) is 3.22. The minimum absolute atomic E-state index is 0.0886. The summed E-state index contributed by atoms with van der Waals surface area (Å²) in [7, 11) is 0. The highest BCUT2D eigenvalue weighted by Gasteiger charge is 2.23. The summed E-state index contributed by atoms with van der Waals surface area (Å²) in [6.45, 7) is 5.39. The van der Waals surface area contributed by atoms with Crippen molar-refractivity contribution in [1.29, 1.82) is 0 Å². The van der Waals surface area contributed by atoms with Gasteiger partial charge in [-0.3, -0.25) is 4.79 Å². The average molecular weight is 360 g/mol. The van der Waals surface area contributed by atoms with E-state index in [2.05, 4.69) is 0 Å². The van der Waals surface area contributed by atoms with E-state index in [1.54, 1.807) is 11.0 Å². The summed E-state index contributed by atoms with van der Waals surface area (Å²) in [5, 5.41) is 11.0. The number of carbonyl (C=O) groups is 1. The Hall–Kier alpha value is -2.20. The Bertz CT molecular complexity index is 789. The summed E-state index contributed by atoms with van der Waals surface area (Å²) in [6, 6.07) is 11.1. The standard InChI is InChI=1S/C20H22ClNO3/c1-13(2)8-19(24)22-6-7-25-20-16(12-22)9-15(11-18(20)23)14-4-3-5-17(21)10-14/h3-5,9-11,13,23H,6-8,12H2,1-2H3. The van der Waals surface area contributed by atoms with Crippen LogP contribution >= 0.6 is 11.6 Å². The third-order valence-corrected chi connectivity index (χ3v) is 4.44. The summed E-state index contributed by atoms with van der Waals surface area (Å²) in [4.78, 5) is 14.2. The molecule has 2 aromatic carbocycles. The van der Waals surface area contributed by atoms with E-state index < -0.39 is 0 Å². The van der Waals surface area contributed by atoms with Gasteiger partial charge in [-0.2, -0.15) is 0 Å². The molecular formula is C20H22ClNO3. The predicted molar refractivity (Wildman–Crippen MR) is 98.9 cm³/mol. The van der Waals surface area contributed by atoms with Crippen molar-refractivity contribution < 1.29 is 14.6 Å². The van der Waals surface area contributed by atoms with Gasteiger partial charge < -0.3 is 14.7 Å². The molecule has 132 valence electrons. The van der Waals surface area contributed by atoms with Gasteiger partial charge in [0.05, 0.1) is 6.54 Å². The van der Waals surface area contributed by atoms with Gasteiger partial charge in [0, 0.05) is 23.6 Å². The van der Waals surface area contributed by atoms with Gasteiger partial charge in [-0.05, 0) is 41.3 Å². The molecule has 0 spiro atoms. The highest BCUT2D eigenvalue weighted by molar-refractivity contribution is 6.30. The van der Waals surface area contributed by atoms with Crippen LogP contribution in [0.15, 0.2) is 36.4 Å². The van der Waals surface area contributed by atoms with Crippen LogP contribution in [0.2, 0.25) is 5.02 Å². The zero-order chi connectivity index (χ0) is 18.0. The van der Waals surface area contributed by atoms with Gasteiger partial charge in [-0.15, -0.1) is 0 Å². The highest BCUT2D eigenvalue weighted by Crippen LogP contribution is 2.38. The van der Waals surface area contributed by atoms with Crippen molar-refractivity contribution in [2.24, 2.45) is 5.92 Å². The molecule has 1 aliphatic rings. The molecule has 0 aliphatic carbocycles. The largest absolute Gasteiger partial charge is 0.504 e. The van der Waals surface area contributed by atoms with Gasteiger partial charge in [0.1, 0.15) is 6.61 Å². The molecule has 5 heteroatoms. The normalized spacial score (nSPS) is 14.0.